The molecule has 1 aromatic carbocycles. The van der Waals surface area contributed by atoms with Gasteiger partial charge in [-0.1, -0.05) is 18.2 Å². The molecule has 1 fully saturated rings. The standard InChI is InChI=1S/C20H26N4O4S2/c1-14(2)22-20(26)23-16-9-7-15(8-10-16)13-21-19(25)17-5-3-11-24(17)30(27,28)18-6-4-12-29-18/h4,6-10,12,14,17H,3,5,11,13H2,1-2H3,(H,21,25)(H2,22,23,26). The monoisotopic (exact) mass is 450 g/mol. The average molecular weight is 451 g/mol. The molecule has 1 atom stereocenters. The van der Waals surface area contributed by atoms with Gasteiger partial charge in [-0.05, 0) is 55.8 Å². The van der Waals surface area contributed by atoms with Gasteiger partial charge in [0.05, 0.1) is 0 Å². The van der Waals surface area contributed by atoms with Crippen LogP contribution in [0.5, 0.6) is 0 Å². The predicted octanol–water partition coefficient (Wildman–Crippen LogP) is 2.75. The van der Waals surface area contributed by atoms with E-state index in [0.717, 1.165) is 16.9 Å². The van der Waals surface area contributed by atoms with E-state index < -0.39 is 16.1 Å². The van der Waals surface area contributed by atoms with Crippen LogP contribution >= 0.6 is 11.3 Å². The van der Waals surface area contributed by atoms with E-state index in [2.05, 4.69) is 16.0 Å². The number of benzene rings is 1. The van der Waals surface area contributed by atoms with Crippen molar-refractivity contribution < 1.29 is 18.0 Å². The Morgan fingerprint density at radius 2 is 1.93 bits per heavy atom. The van der Waals surface area contributed by atoms with Crippen molar-refractivity contribution in [3.8, 4) is 0 Å². The molecule has 3 N–H and O–H groups in total. The van der Waals surface area contributed by atoms with Crippen molar-refractivity contribution in [1.82, 2.24) is 14.9 Å². The first kappa shape index (κ1) is 22.3. The molecule has 1 aromatic heterocycles. The van der Waals surface area contributed by atoms with Crippen molar-refractivity contribution in [3.63, 3.8) is 0 Å². The summed E-state index contributed by atoms with van der Waals surface area (Å²) in [6.45, 7) is 4.38. The molecule has 162 valence electrons. The first-order valence-electron chi connectivity index (χ1n) is 9.77. The number of anilines is 1. The summed E-state index contributed by atoms with van der Waals surface area (Å²) in [6.07, 6.45) is 1.16. The summed E-state index contributed by atoms with van der Waals surface area (Å²) < 4.78 is 27.1. The zero-order valence-electron chi connectivity index (χ0n) is 16.9. The molecule has 10 heteroatoms. The summed E-state index contributed by atoms with van der Waals surface area (Å²) >= 11 is 1.15. The molecular weight excluding hydrogens is 424 g/mol. The van der Waals surface area contributed by atoms with E-state index in [-0.39, 0.29) is 28.7 Å². The lowest BCUT2D eigenvalue weighted by Gasteiger charge is -2.22. The van der Waals surface area contributed by atoms with Crippen LogP contribution in [0.3, 0.4) is 0 Å². The molecule has 0 radical (unpaired) electrons. The van der Waals surface area contributed by atoms with Gasteiger partial charge in [0.2, 0.25) is 5.91 Å². The van der Waals surface area contributed by atoms with Gasteiger partial charge in [-0.25, -0.2) is 13.2 Å². The second-order valence-electron chi connectivity index (χ2n) is 7.37. The van der Waals surface area contributed by atoms with E-state index in [1.807, 2.05) is 13.8 Å². The lowest BCUT2D eigenvalue weighted by Crippen LogP contribution is -2.45. The molecule has 3 rings (SSSR count). The third kappa shape index (κ3) is 5.38. The molecule has 1 aliphatic heterocycles. The van der Waals surface area contributed by atoms with E-state index in [0.29, 0.717) is 25.1 Å². The summed E-state index contributed by atoms with van der Waals surface area (Å²) in [6, 6.07) is 9.43. The average Bonchev–Trinajstić information content (AvgIpc) is 3.39. The molecule has 0 saturated carbocycles. The second-order valence-corrected chi connectivity index (χ2v) is 10.4. The van der Waals surface area contributed by atoms with E-state index in [1.54, 1.807) is 41.8 Å². The van der Waals surface area contributed by atoms with Crippen LogP contribution in [0.25, 0.3) is 0 Å². The molecule has 1 saturated heterocycles. The first-order valence-corrected chi connectivity index (χ1v) is 12.1. The Bertz CT molecular complexity index is 973. The third-order valence-corrected chi connectivity index (χ3v) is 7.94. The lowest BCUT2D eigenvalue weighted by atomic mass is 10.2. The number of carbonyl (C=O) groups excluding carboxylic acids is 2. The van der Waals surface area contributed by atoms with E-state index in [4.69, 9.17) is 0 Å². The molecule has 30 heavy (non-hydrogen) atoms. The number of urea groups is 1. The second kappa shape index (κ2) is 9.59. The Labute approximate surface area is 180 Å². The minimum absolute atomic E-state index is 0.0401. The fourth-order valence-electron chi connectivity index (χ4n) is 3.26. The highest BCUT2D eigenvalue weighted by Gasteiger charge is 2.39. The normalized spacial score (nSPS) is 17.1. The van der Waals surface area contributed by atoms with Crippen LogP contribution in [0.1, 0.15) is 32.3 Å². The van der Waals surface area contributed by atoms with Crippen molar-refractivity contribution in [3.05, 3.63) is 47.3 Å². The van der Waals surface area contributed by atoms with Gasteiger partial charge in [0.25, 0.3) is 10.0 Å². The van der Waals surface area contributed by atoms with Crippen molar-refractivity contribution in [2.24, 2.45) is 0 Å². The molecule has 2 heterocycles. The van der Waals surface area contributed by atoms with Crippen molar-refractivity contribution >= 4 is 39.0 Å². The number of hydrogen-bond acceptors (Lipinski definition) is 5. The molecular formula is C20H26N4O4S2. The van der Waals surface area contributed by atoms with Gasteiger partial charge in [-0.2, -0.15) is 4.31 Å². The molecule has 0 bridgehead atoms. The van der Waals surface area contributed by atoms with Crippen LogP contribution in [0.15, 0.2) is 46.0 Å². The summed E-state index contributed by atoms with van der Waals surface area (Å²) in [5.41, 5.74) is 1.50. The third-order valence-electron chi connectivity index (χ3n) is 4.66. The fourth-order valence-corrected chi connectivity index (χ4v) is 6.03. The largest absolute Gasteiger partial charge is 0.351 e. The highest BCUT2D eigenvalue weighted by Crippen LogP contribution is 2.28. The zero-order chi connectivity index (χ0) is 21.7. The maximum absolute atomic E-state index is 12.8. The number of nitrogens with one attached hydrogen (secondary N) is 3. The Morgan fingerprint density at radius 1 is 1.20 bits per heavy atom. The van der Waals surface area contributed by atoms with Gasteiger partial charge >= 0.3 is 6.03 Å². The molecule has 1 unspecified atom stereocenters. The van der Waals surface area contributed by atoms with Gasteiger partial charge in [-0.3, -0.25) is 4.79 Å². The molecule has 2 aromatic rings. The van der Waals surface area contributed by atoms with Crippen LogP contribution in [0.4, 0.5) is 10.5 Å². The van der Waals surface area contributed by atoms with Gasteiger partial charge in [0, 0.05) is 24.8 Å². The molecule has 3 amide bonds. The quantitative estimate of drug-likeness (QED) is 0.603. The Morgan fingerprint density at radius 3 is 2.57 bits per heavy atom. The summed E-state index contributed by atoms with van der Waals surface area (Å²) in [4.78, 5) is 24.4. The SMILES string of the molecule is CC(C)NC(=O)Nc1ccc(CNC(=O)C2CCCN2S(=O)(=O)c2cccs2)cc1. The van der Waals surface area contributed by atoms with Crippen LogP contribution < -0.4 is 16.0 Å². The maximum atomic E-state index is 12.8. The Kier molecular flexibility index (Phi) is 7.11. The minimum atomic E-state index is -3.65. The van der Waals surface area contributed by atoms with E-state index >= 15 is 0 Å². The Balaban J connectivity index is 1.57. The molecule has 1 aliphatic rings. The number of carbonyl (C=O) groups is 2. The van der Waals surface area contributed by atoms with Crippen LogP contribution in [-0.4, -0.2) is 43.3 Å². The van der Waals surface area contributed by atoms with Crippen LogP contribution in [-0.2, 0) is 21.4 Å². The van der Waals surface area contributed by atoms with Gasteiger partial charge < -0.3 is 16.0 Å². The topological polar surface area (TPSA) is 108 Å². The fraction of sp³-hybridized carbons (Fsp3) is 0.400. The van der Waals surface area contributed by atoms with Crippen molar-refractivity contribution in [2.45, 2.75) is 49.5 Å². The smallest absolute Gasteiger partial charge is 0.319 e. The van der Waals surface area contributed by atoms with Crippen LogP contribution in [0.2, 0.25) is 0 Å². The predicted molar refractivity (Wildman–Crippen MR) is 117 cm³/mol. The number of rotatable bonds is 7. The van der Waals surface area contributed by atoms with Gasteiger partial charge in [0.1, 0.15) is 10.3 Å². The molecule has 8 nitrogen and oxygen atoms in total. The molecule has 0 spiro atoms. The lowest BCUT2D eigenvalue weighted by molar-refractivity contribution is -0.124. The van der Waals surface area contributed by atoms with E-state index in [9.17, 15) is 18.0 Å². The number of sulfonamides is 1. The van der Waals surface area contributed by atoms with Crippen molar-refractivity contribution in [1.29, 1.82) is 0 Å². The van der Waals surface area contributed by atoms with Crippen LogP contribution in [0, 0.1) is 0 Å². The number of amides is 3. The van der Waals surface area contributed by atoms with Gasteiger partial charge in [-0.15, -0.1) is 11.3 Å². The zero-order valence-corrected chi connectivity index (χ0v) is 18.6. The summed E-state index contributed by atoms with van der Waals surface area (Å²) in [5.74, 6) is -0.300. The van der Waals surface area contributed by atoms with Gasteiger partial charge in [0.15, 0.2) is 0 Å². The van der Waals surface area contributed by atoms with Crippen molar-refractivity contribution in [2.75, 3.05) is 11.9 Å². The molecule has 0 aliphatic carbocycles. The minimum Gasteiger partial charge on any atom is -0.351 e. The summed E-state index contributed by atoms with van der Waals surface area (Å²) in [7, 11) is -3.65. The Hall–Kier alpha value is -2.43. The maximum Gasteiger partial charge on any atom is 0.319 e. The first-order chi connectivity index (χ1) is 14.3. The highest BCUT2D eigenvalue weighted by molar-refractivity contribution is 7.91. The highest BCUT2D eigenvalue weighted by atomic mass is 32.2. The van der Waals surface area contributed by atoms with E-state index in [1.165, 1.54) is 4.31 Å². The number of nitrogens with zero attached hydrogens (tertiary/aromatic N) is 1. The number of thiophene rings is 1. The summed E-state index contributed by atoms with van der Waals surface area (Å²) in [5, 5.41) is 10.0. The number of hydrogen-bond donors (Lipinski definition) is 3.